The maximum absolute atomic E-state index is 11.7. The number of rotatable bonds is 6. The van der Waals surface area contributed by atoms with E-state index in [1.54, 1.807) is 24.1 Å². The third kappa shape index (κ3) is 4.55. The maximum atomic E-state index is 11.7. The number of hydrogen-bond donors (Lipinski definition) is 1. The molecule has 4 nitrogen and oxygen atoms in total. The zero-order valence-corrected chi connectivity index (χ0v) is 11.8. The van der Waals surface area contributed by atoms with E-state index in [0.717, 1.165) is 12.1 Å². The lowest BCUT2D eigenvalue weighted by atomic mass is 10.2. The molecule has 1 aromatic rings. The molecule has 0 fully saturated rings. The van der Waals surface area contributed by atoms with Crippen LogP contribution in [0.25, 0.3) is 0 Å². The van der Waals surface area contributed by atoms with Crippen molar-refractivity contribution in [2.75, 3.05) is 33.8 Å². The third-order valence-electron chi connectivity index (χ3n) is 2.61. The molecule has 0 radical (unpaired) electrons. The molecule has 1 aromatic carbocycles. The number of likely N-dealkylation sites (N-methyl/N-ethyl adjacent to an activating group) is 2. The molecule has 0 heterocycles. The number of ether oxygens (including phenoxy) is 1. The van der Waals surface area contributed by atoms with Gasteiger partial charge in [0, 0.05) is 25.2 Å². The average molecular weight is 271 g/mol. The van der Waals surface area contributed by atoms with E-state index in [1.807, 2.05) is 20.0 Å². The van der Waals surface area contributed by atoms with Gasteiger partial charge >= 0.3 is 0 Å². The van der Waals surface area contributed by atoms with Crippen LogP contribution in [0, 0.1) is 6.92 Å². The Labute approximate surface area is 113 Å². The molecule has 0 unspecified atom stereocenters. The van der Waals surface area contributed by atoms with Gasteiger partial charge in [-0.2, -0.15) is 0 Å². The van der Waals surface area contributed by atoms with Crippen LogP contribution in [0.15, 0.2) is 18.2 Å². The molecule has 0 aliphatic rings. The molecule has 100 valence electrons. The summed E-state index contributed by atoms with van der Waals surface area (Å²) in [6.45, 7) is 3.37. The molecule has 0 saturated carbocycles. The lowest BCUT2D eigenvalue weighted by molar-refractivity contribution is -0.131. The number of aryl methyl sites for hydroxylation is 1. The Morgan fingerprint density at radius 3 is 2.83 bits per heavy atom. The van der Waals surface area contributed by atoms with Gasteiger partial charge in [-0.05, 0) is 37.7 Å². The Bertz CT molecular complexity index is 410. The van der Waals surface area contributed by atoms with Crippen molar-refractivity contribution in [1.82, 2.24) is 10.2 Å². The monoisotopic (exact) mass is 270 g/mol. The Morgan fingerprint density at radius 1 is 1.50 bits per heavy atom. The predicted octanol–water partition coefficient (Wildman–Crippen LogP) is 1.71. The first-order valence-electron chi connectivity index (χ1n) is 5.82. The van der Waals surface area contributed by atoms with Crippen LogP contribution < -0.4 is 10.1 Å². The van der Waals surface area contributed by atoms with Crippen molar-refractivity contribution >= 4 is 17.5 Å². The predicted molar refractivity (Wildman–Crippen MR) is 73.2 cm³/mol. The molecule has 5 heteroatoms. The molecule has 0 aliphatic carbocycles. The fourth-order valence-electron chi connectivity index (χ4n) is 1.37. The summed E-state index contributed by atoms with van der Waals surface area (Å²) in [5.74, 6) is 0.616. The minimum atomic E-state index is -0.0437. The molecule has 0 saturated heterocycles. The van der Waals surface area contributed by atoms with Gasteiger partial charge in [0.25, 0.3) is 5.91 Å². The van der Waals surface area contributed by atoms with E-state index in [0.29, 0.717) is 17.3 Å². The maximum Gasteiger partial charge on any atom is 0.260 e. The van der Waals surface area contributed by atoms with E-state index in [-0.39, 0.29) is 12.5 Å². The highest BCUT2D eigenvalue weighted by Gasteiger charge is 2.09. The van der Waals surface area contributed by atoms with E-state index < -0.39 is 0 Å². The van der Waals surface area contributed by atoms with Crippen LogP contribution in [0.5, 0.6) is 5.75 Å². The zero-order chi connectivity index (χ0) is 13.5. The average Bonchev–Trinajstić information content (AvgIpc) is 2.36. The number of nitrogens with zero attached hydrogens (tertiary/aromatic N) is 1. The summed E-state index contributed by atoms with van der Waals surface area (Å²) in [7, 11) is 3.61. The van der Waals surface area contributed by atoms with Gasteiger partial charge in [-0.1, -0.05) is 11.6 Å². The fourth-order valence-corrected chi connectivity index (χ4v) is 1.48. The SMILES string of the molecule is CNCCN(C)C(=O)COc1ccc(Cl)c(C)c1. The van der Waals surface area contributed by atoms with Gasteiger partial charge in [-0.3, -0.25) is 4.79 Å². The highest BCUT2D eigenvalue weighted by Crippen LogP contribution is 2.20. The topological polar surface area (TPSA) is 41.6 Å². The van der Waals surface area contributed by atoms with Crippen LogP contribution in [0.1, 0.15) is 5.56 Å². The Hall–Kier alpha value is -1.26. The first-order chi connectivity index (χ1) is 8.54. The molecule has 0 aliphatic heterocycles. The lowest BCUT2D eigenvalue weighted by Crippen LogP contribution is -2.35. The smallest absolute Gasteiger partial charge is 0.260 e. The largest absolute Gasteiger partial charge is 0.484 e. The zero-order valence-electron chi connectivity index (χ0n) is 11.0. The summed E-state index contributed by atoms with van der Waals surface area (Å²) in [5, 5.41) is 3.69. The van der Waals surface area contributed by atoms with Crippen molar-refractivity contribution in [3.05, 3.63) is 28.8 Å². The van der Waals surface area contributed by atoms with Gasteiger partial charge < -0.3 is 15.0 Å². The quantitative estimate of drug-likeness (QED) is 0.856. The number of benzene rings is 1. The standard InChI is InChI=1S/C13H19ClN2O2/c1-10-8-11(4-5-12(10)14)18-9-13(17)16(3)7-6-15-2/h4-5,8,15H,6-7,9H2,1-3H3. The molecule has 18 heavy (non-hydrogen) atoms. The summed E-state index contributed by atoms with van der Waals surface area (Å²) in [6, 6.07) is 5.35. The van der Waals surface area contributed by atoms with Crippen molar-refractivity contribution in [2.45, 2.75) is 6.92 Å². The van der Waals surface area contributed by atoms with Gasteiger partial charge in [-0.15, -0.1) is 0 Å². The van der Waals surface area contributed by atoms with E-state index in [2.05, 4.69) is 5.32 Å². The second-order valence-electron chi connectivity index (χ2n) is 4.12. The van der Waals surface area contributed by atoms with Crippen molar-refractivity contribution in [1.29, 1.82) is 0 Å². The molecular formula is C13H19ClN2O2. The van der Waals surface area contributed by atoms with Crippen LogP contribution >= 0.6 is 11.6 Å². The number of carbonyl (C=O) groups is 1. The molecule has 0 atom stereocenters. The third-order valence-corrected chi connectivity index (χ3v) is 3.04. The first-order valence-corrected chi connectivity index (χ1v) is 6.20. The van der Waals surface area contributed by atoms with Crippen molar-refractivity contribution in [3.8, 4) is 5.75 Å². The van der Waals surface area contributed by atoms with Gasteiger partial charge in [0.15, 0.2) is 6.61 Å². The molecule has 0 aromatic heterocycles. The van der Waals surface area contributed by atoms with E-state index >= 15 is 0 Å². The van der Waals surface area contributed by atoms with Gasteiger partial charge in [0.2, 0.25) is 0 Å². The fraction of sp³-hybridized carbons (Fsp3) is 0.462. The lowest BCUT2D eigenvalue weighted by Gasteiger charge is -2.17. The summed E-state index contributed by atoms with van der Waals surface area (Å²) in [6.07, 6.45) is 0. The normalized spacial score (nSPS) is 10.2. The minimum Gasteiger partial charge on any atom is -0.484 e. The molecule has 1 rings (SSSR count). The van der Waals surface area contributed by atoms with E-state index in [1.165, 1.54) is 0 Å². The number of amides is 1. The summed E-state index contributed by atoms with van der Waals surface area (Å²) >= 11 is 5.91. The van der Waals surface area contributed by atoms with E-state index in [9.17, 15) is 4.79 Å². The van der Waals surface area contributed by atoms with Crippen molar-refractivity contribution < 1.29 is 9.53 Å². The van der Waals surface area contributed by atoms with Gasteiger partial charge in [-0.25, -0.2) is 0 Å². The molecule has 1 amide bonds. The Morgan fingerprint density at radius 2 is 2.22 bits per heavy atom. The summed E-state index contributed by atoms with van der Waals surface area (Å²) in [4.78, 5) is 13.4. The van der Waals surface area contributed by atoms with Gasteiger partial charge in [0.1, 0.15) is 5.75 Å². The first kappa shape index (κ1) is 14.8. The number of nitrogens with one attached hydrogen (secondary N) is 1. The Kier molecular flexibility index (Phi) is 5.95. The minimum absolute atomic E-state index is 0.0429. The second kappa shape index (κ2) is 7.24. The van der Waals surface area contributed by atoms with Crippen LogP contribution in [0.2, 0.25) is 5.02 Å². The molecule has 1 N–H and O–H groups in total. The molecule has 0 spiro atoms. The van der Waals surface area contributed by atoms with Crippen molar-refractivity contribution in [2.24, 2.45) is 0 Å². The summed E-state index contributed by atoms with van der Waals surface area (Å²) < 4.78 is 5.43. The van der Waals surface area contributed by atoms with Crippen LogP contribution in [0.3, 0.4) is 0 Å². The number of halogens is 1. The van der Waals surface area contributed by atoms with Crippen LogP contribution in [-0.4, -0.2) is 44.6 Å². The molecule has 0 bridgehead atoms. The molecular weight excluding hydrogens is 252 g/mol. The Balaban J connectivity index is 2.44. The number of carbonyl (C=O) groups excluding carboxylic acids is 1. The van der Waals surface area contributed by atoms with Crippen LogP contribution in [0.4, 0.5) is 0 Å². The highest BCUT2D eigenvalue weighted by atomic mass is 35.5. The summed E-state index contributed by atoms with van der Waals surface area (Å²) in [5.41, 5.74) is 0.935. The van der Waals surface area contributed by atoms with Crippen LogP contribution in [-0.2, 0) is 4.79 Å². The number of hydrogen-bond acceptors (Lipinski definition) is 3. The van der Waals surface area contributed by atoms with Crippen molar-refractivity contribution in [3.63, 3.8) is 0 Å². The second-order valence-corrected chi connectivity index (χ2v) is 4.53. The van der Waals surface area contributed by atoms with E-state index in [4.69, 9.17) is 16.3 Å². The van der Waals surface area contributed by atoms with Gasteiger partial charge in [0.05, 0.1) is 0 Å². The highest BCUT2D eigenvalue weighted by molar-refractivity contribution is 6.31.